The molecule has 0 fully saturated rings. The van der Waals surface area contributed by atoms with Gasteiger partial charge >= 0.3 is 0 Å². The summed E-state index contributed by atoms with van der Waals surface area (Å²) in [5.41, 5.74) is 2.00. The van der Waals surface area contributed by atoms with Crippen LogP contribution >= 0.6 is 34.5 Å². The van der Waals surface area contributed by atoms with Crippen molar-refractivity contribution >= 4 is 56.2 Å². The Morgan fingerprint density at radius 3 is 2.48 bits per heavy atom. The molecule has 0 spiro atoms. The molecule has 0 aliphatic heterocycles. The van der Waals surface area contributed by atoms with Crippen LogP contribution in [-0.2, 0) is 10.0 Å². The van der Waals surface area contributed by atoms with Crippen LogP contribution in [-0.4, -0.2) is 14.3 Å². The number of nitrogen functional groups attached to an aromatic ring is 1. The third-order valence-corrected chi connectivity index (χ3v) is 5.74. The van der Waals surface area contributed by atoms with Crippen LogP contribution in [0, 0.1) is 0 Å². The molecule has 21 heavy (non-hydrogen) atoms. The number of rotatable bonds is 4. The summed E-state index contributed by atoms with van der Waals surface area (Å²) in [5.74, 6) is 4.40. The van der Waals surface area contributed by atoms with Gasteiger partial charge in [-0.1, -0.05) is 23.2 Å². The Morgan fingerprint density at radius 2 is 1.90 bits per heavy atom. The highest BCUT2D eigenvalue weighted by molar-refractivity contribution is 7.94. The van der Waals surface area contributed by atoms with Crippen molar-refractivity contribution in [3.8, 4) is 0 Å². The standard InChI is InChI=1S/C11H9Cl2N3O3S2/c12-6-1-2-8(7(5-6)11(17)15-14)16-21(18,19)10-4-3-9(13)20-10/h1-5,16H,14H2,(H,15,17). The number of carbonyl (C=O) groups excluding carboxylic acids is 1. The summed E-state index contributed by atoms with van der Waals surface area (Å²) in [4.78, 5) is 11.7. The molecule has 0 saturated carbocycles. The first kappa shape index (κ1) is 16.1. The van der Waals surface area contributed by atoms with Crippen molar-refractivity contribution in [2.45, 2.75) is 4.21 Å². The minimum atomic E-state index is -3.85. The smallest absolute Gasteiger partial charge is 0.271 e. The van der Waals surface area contributed by atoms with Gasteiger partial charge in [-0.15, -0.1) is 11.3 Å². The second-order valence-corrected chi connectivity index (χ2v) is 7.89. The minimum absolute atomic E-state index is 0.0104. The van der Waals surface area contributed by atoms with Gasteiger partial charge in [-0.3, -0.25) is 14.9 Å². The van der Waals surface area contributed by atoms with Crippen LogP contribution in [0.1, 0.15) is 10.4 Å². The van der Waals surface area contributed by atoms with Gasteiger partial charge in [0, 0.05) is 5.02 Å². The molecular formula is C11H9Cl2N3O3S2. The average molecular weight is 366 g/mol. The highest BCUT2D eigenvalue weighted by Crippen LogP contribution is 2.29. The van der Waals surface area contributed by atoms with Gasteiger partial charge in [0.2, 0.25) is 0 Å². The fourth-order valence-electron chi connectivity index (χ4n) is 1.51. The number of nitrogens with two attached hydrogens (primary N) is 1. The van der Waals surface area contributed by atoms with Gasteiger partial charge in [0.05, 0.1) is 15.6 Å². The van der Waals surface area contributed by atoms with Crippen LogP contribution in [0.4, 0.5) is 5.69 Å². The molecule has 0 radical (unpaired) electrons. The summed E-state index contributed by atoms with van der Waals surface area (Å²) in [6.07, 6.45) is 0. The summed E-state index contributed by atoms with van der Waals surface area (Å²) in [5, 5.41) is 0.274. The Labute approximate surface area is 134 Å². The number of hydrazine groups is 1. The molecule has 2 rings (SSSR count). The number of nitrogens with one attached hydrogen (secondary N) is 2. The van der Waals surface area contributed by atoms with E-state index >= 15 is 0 Å². The quantitative estimate of drug-likeness (QED) is 0.440. The van der Waals surface area contributed by atoms with E-state index < -0.39 is 15.9 Å². The lowest BCUT2D eigenvalue weighted by Gasteiger charge is -2.11. The molecule has 1 amide bonds. The third-order valence-electron chi connectivity index (χ3n) is 2.42. The van der Waals surface area contributed by atoms with Gasteiger partial charge in [-0.05, 0) is 30.3 Å². The molecule has 2 aromatic rings. The SMILES string of the molecule is NNC(=O)c1cc(Cl)ccc1NS(=O)(=O)c1ccc(Cl)s1. The number of carbonyl (C=O) groups is 1. The van der Waals surface area contributed by atoms with E-state index in [0.717, 1.165) is 11.3 Å². The zero-order chi connectivity index (χ0) is 15.6. The van der Waals surface area contributed by atoms with Gasteiger partial charge < -0.3 is 0 Å². The zero-order valence-electron chi connectivity index (χ0n) is 10.3. The normalized spacial score (nSPS) is 11.2. The highest BCUT2D eigenvalue weighted by Gasteiger charge is 2.20. The summed E-state index contributed by atoms with van der Waals surface area (Å²) >= 11 is 12.4. The van der Waals surface area contributed by atoms with Crippen molar-refractivity contribution in [1.82, 2.24) is 5.43 Å². The molecule has 10 heteroatoms. The lowest BCUT2D eigenvalue weighted by molar-refractivity contribution is 0.0954. The van der Waals surface area contributed by atoms with E-state index in [-0.39, 0.29) is 20.5 Å². The third kappa shape index (κ3) is 3.66. The second-order valence-electron chi connectivity index (χ2n) is 3.83. The molecule has 1 heterocycles. The monoisotopic (exact) mass is 365 g/mol. The molecule has 0 aliphatic carbocycles. The van der Waals surface area contributed by atoms with E-state index in [1.54, 1.807) is 0 Å². The molecule has 0 aliphatic rings. The Hall–Kier alpha value is -1.32. The van der Waals surface area contributed by atoms with E-state index in [4.69, 9.17) is 29.0 Å². The van der Waals surface area contributed by atoms with Crippen LogP contribution in [0.5, 0.6) is 0 Å². The summed E-state index contributed by atoms with van der Waals surface area (Å²) in [6, 6.07) is 6.97. The Balaban J connectivity index is 2.42. The second kappa shape index (κ2) is 6.20. The first-order valence-corrected chi connectivity index (χ1v) is 8.47. The highest BCUT2D eigenvalue weighted by atomic mass is 35.5. The maximum atomic E-state index is 12.2. The van der Waals surface area contributed by atoms with Crippen molar-refractivity contribution in [2.24, 2.45) is 5.84 Å². The average Bonchev–Trinajstić information content (AvgIpc) is 2.87. The predicted octanol–water partition coefficient (Wildman–Crippen LogP) is 2.46. The lowest BCUT2D eigenvalue weighted by Crippen LogP contribution is -2.31. The van der Waals surface area contributed by atoms with Gasteiger partial charge in [-0.25, -0.2) is 14.3 Å². The number of anilines is 1. The van der Waals surface area contributed by atoms with Crippen molar-refractivity contribution in [3.05, 3.63) is 45.3 Å². The van der Waals surface area contributed by atoms with Crippen LogP contribution in [0.3, 0.4) is 0 Å². The van der Waals surface area contributed by atoms with Gasteiger partial charge in [0.1, 0.15) is 4.21 Å². The minimum Gasteiger partial charge on any atom is -0.290 e. The molecule has 1 aromatic heterocycles. The zero-order valence-corrected chi connectivity index (χ0v) is 13.4. The Morgan fingerprint density at radius 1 is 1.19 bits per heavy atom. The molecule has 112 valence electrons. The fraction of sp³-hybridized carbons (Fsp3) is 0. The Kier molecular flexibility index (Phi) is 4.74. The molecule has 0 saturated heterocycles. The van der Waals surface area contributed by atoms with Crippen LogP contribution < -0.4 is 16.0 Å². The summed E-state index contributed by atoms with van der Waals surface area (Å²) < 4.78 is 27.1. The first-order chi connectivity index (χ1) is 9.83. The lowest BCUT2D eigenvalue weighted by atomic mass is 10.2. The molecular weight excluding hydrogens is 357 g/mol. The van der Waals surface area contributed by atoms with E-state index in [9.17, 15) is 13.2 Å². The number of benzene rings is 1. The fourth-order valence-corrected chi connectivity index (χ4v) is 4.24. The first-order valence-electron chi connectivity index (χ1n) is 5.42. The number of halogens is 2. The number of thiophene rings is 1. The van der Waals surface area contributed by atoms with Gasteiger partial charge in [0.25, 0.3) is 15.9 Å². The van der Waals surface area contributed by atoms with E-state index in [1.807, 2.05) is 5.43 Å². The largest absolute Gasteiger partial charge is 0.290 e. The molecule has 4 N–H and O–H groups in total. The van der Waals surface area contributed by atoms with E-state index in [0.29, 0.717) is 4.34 Å². The van der Waals surface area contributed by atoms with Crippen LogP contribution in [0.2, 0.25) is 9.36 Å². The van der Waals surface area contributed by atoms with Gasteiger partial charge in [0.15, 0.2) is 0 Å². The predicted molar refractivity (Wildman–Crippen MR) is 83.2 cm³/mol. The molecule has 1 aromatic carbocycles. The maximum absolute atomic E-state index is 12.2. The number of sulfonamides is 1. The number of hydrogen-bond donors (Lipinski definition) is 3. The number of amides is 1. The van der Waals surface area contributed by atoms with Crippen molar-refractivity contribution in [2.75, 3.05) is 4.72 Å². The van der Waals surface area contributed by atoms with Gasteiger partial charge in [-0.2, -0.15) is 0 Å². The summed E-state index contributed by atoms with van der Waals surface area (Å²) in [7, 11) is -3.85. The molecule has 0 atom stereocenters. The van der Waals surface area contributed by atoms with E-state index in [1.165, 1.54) is 30.3 Å². The van der Waals surface area contributed by atoms with Crippen LogP contribution in [0.15, 0.2) is 34.5 Å². The molecule has 0 bridgehead atoms. The maximum Gasteiger partial charge on any atom is 0.271 e. The van der Waals surface area contributed by atoms with Crippen molar-refractivity contribution < 1.29 is 13.2 Å². The topological polar surface area (TPSA) is 101 Å². The van der Waals surface area contributed by atoms with Crippen molar-refractivity contribution in [3.63, 3.8) is 0 Å². The Bertz CT molecular complexity index is 790. The van der Waals surface area contributed by atoms with Crippen LogP contribution in [0.25, 0.3) is 0 Å². The van der Waals surface area contributed by atoms with Crippen molar-refractivity contribution in [1.29, 1.82) is 0 Å². The molecule has 0 unspecified atom stereocenters. The summed E-state index contributed by atoms with van der Waals surface area (Å²) in [6.45, 7) is 0. The molecule has 6 nitrogen and oxygen atoms in total. The number of hydrogen-bond acceptors (Lipinski definition) is 5. The van der Waals surface area contributed by atoms with E-state index in [2.05, 4.69) is 4.72 Å².